The zero-order chi connectivity index (χ0) is 18.7. The molecule has 0 aromatic heterocycles. The molecule has 128 valence electrons. The quantitative estimate of drug-likeness (QED) is 0.207. The number of nitrogens with zero attached hydrogens (tertiary/aromatic N) is 1. The number of ketones is 1. The van der Waals surface area contributed by atoms with Crippen molar-refractivity contribution in [1.29, 1.82) is 5.26 Å². The van der Waals surface area contributed by atoms with E-state index in [0.29, 0.717) is 11.8 Å². The van der Waals surface area contributed by atoms with E-state index in [4.69, 9.17) is 10.00 Å². The zero-order valence-electron chi connectivity index (χ0n) is 12.5. The molecule has 0 radical (unpaired) electrons. The number of nitriles is 1. The lowest BCUT2D eigenvalue weighted by atomic mass is 10.0. The molecule has 0 fully saturated rings. The van der Waals surface area contributed by atoms with Crippen LogP contribution in [0.15, 0.2) is 29.8 Å². The Morgan fingerprint density at radius 3 is 1.88 bits per heavy atom. The van der Waals surface area contributed by atoms with Crippen molar-refractivity contribution in [3.8, 4) is 11.8 Å². The lowest BCUT2D eigenvalue weighted by Gasteiger charge is -2.06. The van der Waals surface area contributed by atoms with Crippen LogP contribution in [0.2, 0.25) is 0 Å². The fourth-order valence-corrected chi connectivity index (χ4v) is 1.94. The normalized spacial score (nSPS) is 11.2. The Balaban J connectivity index is 2.54. The van der Waals surface area contributed by atoms with E-state index in [1.165, 1.54) is 37.4 Å². The van der Waals surface area contributed by atoms with Crippen molar-refractivity contribution < 1.29 is 31.5 Å². The summed E-state index contributed by atoms with van der Waals surface area (Å²) >= 11 is 0. The molecule has 0 saturated carbocycles. The van der Waals surface area contributed by atoms with Gasteiger partial charge in [-0.3, -0.25) is 4.79 Å². The highest BCUT2D eigenvalue weighted by atomic mass is 19.2. The Kier molecular flexibility index (Phi) is 5.17. The molecule has 0 aliphatic carbocycles. The minimum Gasteiger partial charge on any atom is -0.497 e. The second-order valence-electron chi connectivity index (χ2n) is 4.71. The summed E-state index contributed by atoms with van der Waals surface area (Å²) in [7, 11) is 1.39. The van der Waals surface area contributed by atoms with E-state index < -0.39 is 46.0 Å². The van der Waals surface area contributed by atoms with Gasteiger partial charge in [0.2, 0.25) is 11.6 Å². The van der Waals surface area contributed by atoms with Crippen molar-refractivity contribution in [2.24, 2.45) is 0 Å². The third-order valence-corrected chi connectivity index (χ3v) is 3.25. The maximum Gasteiger partial charge on any atom is 0.203 e. The molecule has 0 N–H and O–H groups in total. The average molecular weight is 353 g/mol. The number of allylic oxidation sites excluding steroid dienone is 1. The van der Waals surface area contributed by atoms with Crippen LogP contribution in [0.4, 0.5) is 22.0 Å². The number of benzene rings is 2. The molecule has 3 nitrogen and oxygen atoms in total. The number of halogens is 5. The molecule has 2 aromatic carbocycles. The van der Waals surface area contributed by atoms with Gasteiger partial charge in [-0.05, 0) is 30.3 Å². The molecule has 0 amide bonds. The first kappa shape index (κ1) is 18.1. The topological polar surface area (TPSA) is 50.1 Å². The number of Topliss-reactive ketones (excluding diaryl/α,β-unsaturated/α-hetero) is 1. The monoisotopic (exact) mass is 353 g/mol. The molecule has 2 rings (SSSR count). The Bertz CT molecular complexity index is 885. The SMILES string of the molecule is COc1ccc(C(=O)/C(C#N)=C/c2c(F)c(F)c(F)c(F)c2F)cc1. The highest BCUT2D eigenvalue weighted by Gasteiger charge is 2.25. The minimum absolute atomic E-state index is 0.0301. The van der Waals surface area contributed by atoms with E-state index >= 15 is 0 Å². The summed E-state index contributed by atoms with van der Waals surface area (Å²) in [6.45, 7) is 0. The van der Waals surface area contributed by atoms with Gasteiger partial charge in [0.15, 0.2) is 23.3 Å². The summed E-state index contributed by atoms with van der Waals surface area (Å²) in [5, 5.41) is 9.02. The first-order valence-electron chi connectivity index (χ1n) is 6.63. The van der Waals surface area contributed by atoms with Crippen LogP contribution in [0.3, 0.4) is 0 Å². The number of carbonyl (C=O) groups excluding carboxylic acids is 1. The van der Waals surface area contributed by atoms with Gasteiger partial charge >= 0.3 is 0 Å². The largest absolute Gasteiger partial charge is 0.497 e. The molecule has 8 heteroatoms. The fraction of sp³-hybridized carbons (Fsp3) is 0.0588. The summed E-state index contributed by atoms with van der Waals surface area (Å²) in [4.78, 5) is 12.2. The van der Waals surface area contributed by atoms with Crippen LogP contribution in [-0.4, -0.2) is 12.9 Å². The van der Waals surface area contributed by atoms with Crippen LogP contribution in [0, 0.1) is 40.4 Å². The maximum absolute atomic E-state index is 13.7. The van der Waals surface area contributed by atoms with Gasteiger partial charge < -0.3 is 4.74 Å². The standard InChI is InChI=1S/C17H8F5NO2/c1-25-10-4-2-8(3-5-10)17(24)9(7-23)6-11-12(18)14(20)16(22)15(21)13(11)19/h2-6H,1H3/b9-6+. The molecule has 0 aliphatic heterocycles. The van der Waals surface area contributed by atoms with Crippen molar-refractivity contribution in [2.75, 3.05) is 7.11 Å². The van der Waals surface area contributed by atoms with Crippen LogP contribution in [-0.2, 0) is 0 Å². The predicted molar refractivity (Wildman–Crippen MR) is 77.1 cm³/mol. The van der Waals surface area contributed by atoms with Crippen LogP contribution in [0.25, 0.3) is 6.08 Å². The van der Waals surface area contributed by atoms with Crippen LogP contribution < -0.4 is 4.74 Å². The number of methoxy groups -OCH3 is 1. The summed E-state index contributed by atoms with van der Waals surface area (Å²) in [5.74, 6) is -11.5. The second kappa shape index (κ2) is 7.13. The van der Waals surface area contributed by atoms with Gasteiger partial charge in [0.05, 0.1) is 12.7 Å². The Labute approximate surface area is 138 Å². The number of ether oxygens (including phenoxy) is 1. The first-order chi connectivity index (χ1) is 11.8. The number of carbonyl (C=O) groups is 1. The van der Waals surface area contributed by atoms with Crippen molar-refractivity contribution in [2.45, 2.75) is 0 Å². The van der Waals surface area contributed by atoms with Crippen molar-refractivity contribution in [3.05, 3.63) is 70.1 Å². The molecule has 0 atom stereocenters. The molecule has 0 heterocycles. The van der Waals surface area contributed by atoms with E-state index in [2.05, 4.69) is 0 Å². The van der Waals surface area contributed by atoms with Crippen LogP contribution in [0.5, 0.6) is 5.75 Å². The van der Waals surface area contributed by atoms with Gasteiger partial charge in [0, 0.05) is 5.56 Å². The Morgan fingerprint density at radius 1 is 0.960 bits per heavy atom. The lowest BCUT2D eigenvalue weighted by molar-refractivity contribution is 0.104. The van der Waals surface area contributed by atoms with Gasteiger partial charge in [-0.1, -0.05) is 0 Å². The van der Waals surface area contributed by atoms with Gasteiger partial charge in [-0.15, -0.1) is 0 Å². The Hall–Kier alpha value is -3.21. The third kappa shape index (κ3) is 3.35. The maximum atomic E-state index is 13.7. The molecular formula is C17H8F5NO2. The van der Waals surface area contributed by atoms with E-state index in [-0.39, 0.29) is 5.56 Å². The zero-order valence-corrected chi connectivity index (χ0v) is 12.5. The van der Waals surface area contributed by atoms with Gasteiger partial charge in [-0.25, -0.2) is 22.0 Å². The fourth-order valence-electron chi connectivity index (χ4n) is 1.94. The summed E-state index contributed by atoms with van der Waals surface area (Å²) in [5.41, 5.74) is -2.19. The van der Waals surface area contributed by atoms with Crippen molar-refractivity contribution >= 4 is 11.9 Å². The molecule has 0 saturated heterocycles. The smallest absolute Gasteiger partial charge is 0.203 e. The Morgan fingerprint density at radius 2 is 1.44 bits per heavy atom. The summed E-state index contributed by atoms with van der Waals surface area (Å²) in [6, 6.07) is 6.77. The highest BCUT2D eigenvalue weighted by Crippen LogP contribution is 2.25. The van der Waals surface area contributed by atoms with E-state index in [1.807, 2.05) is 0 Å². The second-order valence-corrected chi connectivity index (χ2v) is 4.71. The number of rotatable bonds is 4. The van der Waals surface area contributed by atoms with E-state index in [1.54, 1.807) is 0 Å². The van der Waals surface area contributed by atoms with E-state index in [9.17, 15) is 26.7 Å². The minimum atomic E-state index is -2.33. The summed E-state index contributed by atoms with van der Waals surface area (Å²) < 4.78 is 71.6. The number of hydrogen-bond donors (Lipinski definition) is 0. The van der Waals surface area contributed by atoms with Gasteiger partial charge in [0.25, 0.3) is 0 Å². The third-order valence-electron chi connectivity index (χ3n) is 3.25. The van der Waals surface area contributed by atoms with Crippen molar-refractivity contribution in [3.63, 3.8) is 0 Å². The highest BCUT2D eigenvalue weighted by molar-refractivity contribution is 6.14. The molecule has 0 unspecified atom stereocenters. The van der Waals surface area contributed by atoms with E-state index in [0.717, 1.165) is 0 Å². The van der Waals surface area contributed by atoms with Crippen molar-refractivity contribution in [1.82, 2.24) is 0 Å². The molecule has 0 bridgehead atoms. The average Bonchev–Trinajstić information content (AvgIpc) is 2.64. The van der Waals surface area contributed by atoms with Crippen LogP contribution in [0.1, 0.15) is 15.9 Å². The lowest BCUT2D eigenvalue weighted by Crippen LogP contribution is -2.07. The van der Waals surface area contributed by atoms with Crippen LogP contribution >= 0.6 is 0 Å². The molecule has 0 aliphatic rings. The molecule has 0 spiro atoms. The molecule has 2 aromatic rings. The molecular weight excluding hydrogens is 345 g/mol. The summed E-state index contributed by atoms with van der Waals surface area (Å²) in [6.07, 6.45) is 0.322. The predicted octanol–water partition coefficient (Wildman–Crippen LogP) is 4.18. The number of hydrogen-bond acceptors (Lipinski definition) is 3. The van der Waals surface area contributed by atoms with Gasteiger partial charge in [0.1, 0.15) is 17.4 Å². The first-order valence-corrected chi connectivity index (χ1v) is 6.63. The molecule has 25 heavy (non-hydrogen) atoms. The van der Waals surface area contributed by atoms with Gasteiger partial charge in [-0.2, -0.15) is 5.26 Å².